The molecule has 0 aliphatic heterocycles. The fourth-order valence-corrected chi connectivity index (χ4v) is 3.15. The standard InChI is InChI=1S/C13H14Cl2F2O/c14-9-2-1-3-10(15)12(9)11(18)6-8-4-5-13(16,17)7-8/h1-3,8,11,18H,4-7H2. The second-order valence-corrected chi connectivity index (χ2v) is 5.67. The SMILES string of the molecule is OC(CC1CCC(F)(F)C1)c1c(Cl)cccc1Cl. The van der Waals surface area contributed by atoms with Gasteiger partial charge in [-0.15, -0.1) is 0 Å². The summed E-state index contributed by atoms with van der Waals surface area (Å²) in [6, 6.07) is 4.95. The molecule has 100 valence electrons. The van der Waals surface area contributed by atoms with Crippen LogP contribution in [0.25, 0.3) is 0 Å². The summed E-state index contributed by atoms with van der Waals surface area (Å²) >= 11 is 11.9. The van der Waals surface area contributed by atoms with Crippen molar-refractivity contribution in [3.05, 3.63) is 33.8 Å². The molecule has 2 atom stereocenters. The molecule has 0 spiro atoms. The van der Waals surface area contributed by atoms with Crippen LogP contribution in [0.4, 0.5) is 8.78 Å². The number of hydrogen-bond donors (Lipinski definition) is 1. The first-order valence-corrected chi connectivity index (χ1v) is 6.64. The molecule has 1 fully saturated rings. The lowest BCUT2D eigenvalue weighted by Crippen LogP contribution is -2.11. The monoisotopic (exact) mass is 294 g/mol. The molecule has 1 aliphatic carbocycles. The molecule has 0 saturated heterocycles. The quantitative estimate of drug-likeness (QED) is 0.845. The van der Waals surface area contributed by atoms with Crippen molar-refractivity contribution in [2.75, 3.05) is 0 Å². The van der Waals surface area contributed by atoms with Gasteiger partial charge in [0.15, 0.2) is 0 Å². The first-order valence-electron chi connectivity index (χ1n) is 5.89. The maximum Gasteiger partial charge on any atom is 0.248 e. The van der Waals surface area contributed by atoms with Gasteiger partial charge in [-0.3, -0.25) is 0 Å². The van der Waals surface area contributed by atoms with Gasteiger partial charge in [-0.05, 0) is 30.9 Å². The van der Waals surface area contributed by atoms with Crippen LogP contribution in [0, 0.1) is 5.92 Å². The van der Waals surface area contributed by atoms with Crippen molar-refractivity contribution in [2.24, 2.45) is 5.92 Å². The predicted molar refractivity (Wildman–Crippen MR) is 68.3 cm³/mol. The van der Waals surface area contributed by atoms with Gasteiger partial charge in [-0.1, -0.05) is 29.3 Å². The Balaban J connectivity index is 2.07. The summed E-state index contributed by atoms with van der Waals surface area (Å²) in [5.41, 5.74) is 0.441. The van der Waals surface area contributed by atoms with Crippen LogP contribution in [-0.4, -0.2) is 11.0 Å². The Morgan fingerprint density at radius 1 is 1.33 bits per heavy atom. The maximum absolute atomic E-state index is 13.1. The lowest BCUT2D eigenvalue weighted by Gasteiger charge is -2.18. The lowest BCUT2D eigenvalue weighted by molar-refractivity contribution is 0.00255. The van der Waals surface area contributed by atoms with Gasteiger partial charge in [0.25, 0.3) is 0 Å². The van der Waals surface area contributed by atoms with Crippen LogP contribution in [0.3, 0.4) is 0 Å². The minimum Gasteiger partial charge on any atom is -0.388 e. The van der Waals surface area contributed by atoms with Gasteiger partial charge in [0, 0.05) is 28.5 Å². The molecule has 1 aliphatic rings. The molecule has 1 saturated carbocycles. The number of aliphatic hydroxyl groups is 1. The fraction of sp³-hybridized carbons (Fsp3) is 0.538. The van der Waals surface area contributed by atoms with E-state index in [1.54, 1.807) is 18.2 Å². The number of aliphatic hydroxyl groups excluding tert-OH is 1. The molecule has 0 radical (unpaired) electrons. The largest absolute Gasteiger partial charge is 0.388 e. The van der Waals surface area contributed by atoms with Crippen LogP contribution in [0.15, 0.2) is 18.2 Å². The molecule has 18 heavy (non-hydrogen) atoms. The summed E-state index contributed by atoms with van der Waals surface area (Å²) in [6.45, 7) is 0. The zero-order valence-corrected chi connectivity index (χ0v) is 11.2. The first-order chi connectivity index (χ1) is 8.39. The lowest BCUT2D eigenvalue weighted by atomic mass is 9.95. The van der Waals surface area contributed by atoms with E-state index in [4.69, 9.17) is 23.2 Å². The summed E-state index contributed by atoms with van der Waals surface area (Å²) in [5.74, 6) is -2.77. The minimum absolute atomic E-state index is 0.0966. The first kappa shape index (κ1) is 14.0. The molecular weight excluding hydrogens is 281 g/mol. The molecule has 1 aromatic carbocycles. The minimum atomic E-state index is -2.59. The van der Waals surface area contributed by atoms with Crippen molar-refractivity contribution in [3.8, 4) is 0 Å². The van der Waals surface area contributed by atoms with Crippen molar-refractivity contribution in [1.29, 1.82) is 0 Å². The second-order valence-electron chi connectivity index (χ2n) is 4.85. The van der Waals surface area contributed by atoms with Gasteiger partial charge in [0.2, 0.25) is 5.92 Å². The molecule has 5 heteroatoms. The highest BCUT2D eigenvalue weighted by Gasteiger charge is 2.40. The van der Waals surface area contributed by atoms with E-state index in [2.05, 4.69) is 0 Å². The molecular formula is C13H14Cl2F2O. The second kappa shape index (κ2) is 5.32. The van der Waals surface area contributed by atoms with Crippen LogP contribution in [0.5, 0.6) is 0 Å². The number of rotatable bonds is 3. The van der Waals surface area contributed by atoms with E-state index in [1.165, 1.54) is 0 Å². The van der Waals surface area contributed by atoms with Gasteiger partial charge in [0.05, 0.1) is 6.10 Å². The third-order valence-corrected chi connectivity index (χ3v) is 4.05. The maximum atomic E-state index is 13.1. The van der Waals surface area contributed by atoms with Crippen molar-refractivity contribution < 1.29 is 13.9 Å². The van der Waals surface area contributed by atoms with Crippen molar-refractivity contribution in [2.45, 2.75) is 37.7 Å². The van der Waals surface area contributed by atoms with Crippen molar-refractivity contribution in [1.82, 2.24) is 0 Å². The van der Waals surface area contributed by atoms with E-state index in [-0.39, 0.29) is 25.2 Å². The third kappa shape index (κ3) is 3.14. The average molecular weight is 295 g/mol. The van der Waals surface area contributed by atoms with E-state index in [0.29, 0.717) is 22.0 Å². The van der Waals surface area contributed by atoms with Crippen LogP contribution in [0.1, 0.15) is 37.4 Å². The van der Waals surface area contributed by atoms with Crippen LogP contribution in [-0.2, 0) is 0 Å². The summed E-state index contributed by atoms with van der Waals surface area (Å²) in [6.07, 6.45) is -0.428. The Labute approximate surface area is 115 Å². The third-order valence-electron chi connectivity index (χ3n) is 3.40. The molecule has 1 nitrogen and oxygen atoms in total. The molecule has 0 aromatic heterocycles. The van der Waals surface area contributed by atoms with E-state index >= 15 is 0 Å². The topological polar surface area (TPSA) is 20.2 Å². The van der Waals surface area contributed by atoms with Crippen molar-refractivity contribution in [3.63, 3.8) is 0 Å². The van der Waals surface area contributed by atoms with Gasteiger partial charge in [-0.2, -0.15) is 0 Å². The van der Waals surface area contributed by atoms with E-state index in [9.17, 15) is 13.9 Å². The number of halogens is 4. The smallest absolute Gasteiger partial charge is 0.248 e. The zero-order valence-electron chi connectivity index (χ0n) is 9.67. The Morgan fingerprint density at radius 3 is 2.44 bits per heavy atom. The molecule has 0 amide bonds. The van der Waals surface area contributed by atoms with Crippen LogP contribution in [0.2, 0.25) is 10.0 Å². The highest BCUT2D eigenvalue weighted by Crippen LogP contribution is 2.43. The Kier molecular flexibility index (Phi) is 4.15. The molecule has 2 rings (SSSR count). The summed E-state index contributed by atoms with van der Waals surface area (Å²) in [4.78, 5) is 0. The summed E-state index contributed by atoms with van der Waals surface area (Å²) < 4.78 is 26.1. The zero-order chi connectivity index (χ0) is 13.3. The molecule has 0 bridgehead atoms. The highest BCUT2D eigenvalue weighted by molar-refractivity contribution is 6.36. The molecule has 1 aromatic rings. The van der Waals surface area contributed by atoms with Crippen LogP contribution < -0.4 is 0 Å². The highest BCUT2D eigenvalue weighted by atomic mass is 35.5. The summed E-state index contributed by atoms with van der Waals surface area (Å²) in [5, 5.41) is 10.8. The number of hydrogen-bond acceptors (Lipinski definition) is 1. The van der Waals surface area contributed by atoms with E-state index in [0.717, 1.165) is 0 Å². The Hall–Kier alpha value is -0.380. The summed E-state index contributed by atoms with van der Waals surface area (Å²) in [7, 11) is 0. The van der Waals surface area contributed by atoms with Crippen molar-refractivity contribution >= 4 is 23.2 Å². The molecule has 2 unspecified atom stereocenters. The predicted octanol–water partition coefficient (Wildman–Crippen LogP) is 4.85. The fourth-order valence-electron chi connectivity index (χ4n) is 2.51. The van der Waals surface area contributed by atoms with Gasteiger partial charge in [-0.25, -0.2) is 8.78 Å². The Morgan fingerprint density at radius 2 is 1.94 bits per heavy atom. The van der Waals surface area contributed by atoms with E-state index in [1.807, 2.05) is 0 Å². The number of alkyl halides is 2. The van der Waals surface area contributed by atoms with Gasteiger partial charge in [0.1, 0.15) is 0 Å². The molecule has 0 heterocycles. The van der Waals surface area contributed by atoms with Crippen LogP contribution >= 0.6 is 23.2 Å². The van der Waals surface area contributed by atoms with E-state index < -0.39 is 12.0 Å². The van der Waals surface area contributed by atoms with Gasteiger partial charge >= 0.3 is 0 Å². The Bertz CT molecular complexity index is 417. The normalized spacial score (nSPS) is 24.2. The average Bonchev–Trinajstić information content (AvgIpc) is 2.57. The van der Waals surface area contributed by atoms with Gasteiger partial charge < -0.3 is 5.11 Å². The number of benzene rings is 1. The molecule has 1 N–H and O–H groups in total.